The predicted octanol–water partition coefficient (Wildman–Crippen LogP) is 2.85. The molecule has 2 N–H and O–H groups in total. The zero-order valence-electron chi connectivity index (χ0n) is 17.4. The number of hydrogen-bond donors (Lipinski definition) is 2. The van der Waals surface area contributed by atoms with Gasteiger partial charge in [0.2, 0.25) is 5.60 Å². The first-order valence-electron chi connectivity index (χ1n) is 9.66. The van der Waals surface area contributed by atoms with Crippen molar-refractivity contribution in [2.45, 2.75) is 38.6 Å². The summed E-state index contributed by atoms with van der Waals surface area (Å²) < 4.78 is 43.6. The van der Waals surface area contributed by atoms with Gasteiger partial charge in [0.05, 0.1) is 12.2 Å². The lowest BCUT2D eigenvalue weighted by molar-refractivity contribution is -0.272. The van der Waals surface area contributed by atoms with Crippen LogP contribution in [-0.2, 0) is 19.2 Å². The Labute approximate surface area is 177 Å². The highest BCUT2D eigenvalue weighted by molar-refractivity contribution is 5.94. The first-order chi connectivity index (χ1) is 14.5. The highest BCUT2D eigenvalue weighted by Gasteiger charge is 2.57. The predicted molar refractivity (Wildman–Crippen MR) is 107 cm³/mol. The molecule has 2 heterocycles. The van der Waals surface area contributed by atoms with Gasteiger partial charge in [-0.3, -0.25) is 9.48 Å². The van der Waals surface area contributed by atoms with Crippen molar-refractivity contribution in [1.29, 1.82) is 0 Å². The number of aliphatic hydroxyl groups is 1. The molecule has 0 aliphatic carbocycles. The Morgan fingerprint density at radius 3 is 2.55 bits per heavy atom. The third-order valence-electron chi connectivity index (χ3n) is 5.06. The molecular formula is C21H24F3N5O2. The second-order valence-electron chi connectivity index (χ2n) is 7.51. The molecule has 1 atom stereocenters. The molecular weight excluding hydrogens is 411 g/mol. The molecule has 10 heteroatoms. The molecule has 0 aliphatic rings. The Morgan fingerprint density at radius 1 is 1.23 bits per heavy atom. The van der Waals surface area contributed by atoms with Crippen LogP contribution in [0.3, 0.4) is 0 Å². The van der Waals surface area contributed by atoms with Gasteiger partial charge in [-0.2, -0.15) is 18.3 Å². The van der Waals surface area contributed by atoms with Crippen molar-refractivity contribution >= 4 is 5.91 Å². The number of imidazole rings is 1. The van der Waals surface area contributed by atoms with Crippen molar-refractivity contribution in [3.63, 3.8) is 0 Å². The SMILES string of the molecule is Cc1cc(C)n(Cc2cccc(C(=O)NCCC(O)(c3nccn3C)C(F)(F)F)c2)n1. The molecule has 0 radical (unpaired) electrons. The van der Waals surface area contributed by atoms with Gasteiger partial charge in [0, 0.05) is 43.7 Å². The first kappa shape index (κ1) is 22.5. The van der Waals surface area contributed by atoms with Crippen LogP contribution in [-0.4, -0.2) is 43.1 Å². The van der Waals surface area contributed by atoms with E-state index in [1.54, 1.807) is 18.2 Å². The van der Waals surface area contributed by atoms with Crippen molar-refractivity contribution in [3.8, 4) is 0 Å². The van der Waals surface area contributed by atoms with Crippen LogP contribution in [0.25, 0.3) is 0 Å². The smallest absolute Gasteiger partial charge is 0.374 e. The maximum absolute atomic E-state index is 13.6. The van der Waals surface area contributed by atoms with Gasteiger partial charge in [0.25, 0.3) is 5.91 Å². The average Bonchev–Trinajstić information content (AvgIpc) is 3.25. The van der Waals surface area contributed by atoms with Crippen LogP contribution in [0.5, 0.6) is 0 Å². The summed E-state index contributed by atoms with van der Waals surface area (Å²) in [5, 5.41) is 17.2. The van der Waals surface area contributed by atoms with Crippen molar-refractivity contribution in [1.82, 2.24) is 24.6 Å². The molecule has 0 bridgehead atoms. The number of alkyl halides is 3. The van der Waals surface area contributed by atoms with E-state index in [0.29, 0.717) is 12.1 Å². The lowest BCUT2D eigenvalue weighted by atomic mass is 9.97. The standard InChI is InChI=1S/C21H24F3N5O2/c1-14-11-15(2)29(27-14)13-16-5-4-6-17(12-16)18(30)25-8-7-20(31,21(22,23)24)19-26-9-10-28(19)3/h4-6,9-12,31H,7-8,13H2,1-3H3,(H,25,30). The fraction of sp³-hybridized carbons (Fsp3) is 0.381. The van der Waals surface area contributed by atoms with Gasteiger partial charge in [0.15, 0.2) is 0 Å². The average molecular weight is 435 g/mol. The fourth-order valence-corrected chi connectivity index (χ4v) is 3.42. The second kappa shape index (κ2) is 8.54. The second-order valence-corrected chi connectivity index (χ2v) is 7.51. The summed E-state index contributed by atoms with van der Waals surface area (Å²) in [6, 6.07) is 8.74. The minimum absolute atomic E-state index is 0.312. The van der Waals surface area contributed by atoms with Crippen molar-refractivity contribution in [3.05, 3.63) is 71.1 Å². The van der Waals surface area contributed by atoms with Gasteiger partial charge in [0.1, 0.15) is 5.82 Å². The Morgan fingerprint density at radius 2 is 1.97 bits per heavy atom. The largest absolute Gasteiger partial charge is 0.424 e. The minimum atomic E-state index is -4.95. The number of carbonyl (C=O) groups excluding carboxylic acids is 1. The molecule has 0 saturated heterocycles. The van der Waals surface area contributed by atoms with Crippen LogP contribution in [0.15, 0.2) is 42.7 Å². The zero-order valence-corrected chi connectivity index (χ0v) is 17.4. The van der Waals surface area contributed by atoms with E-state index in [2.05, 4.69) is 15.4 Å². The Kier molecular flexibility index (Phi) is 6.21. The number of hydrogen-bond acceptors (Lipinski definition) is 4. The van der Waals surface area contributed by atoms with Crippen molar-refractivity contribution in [2.75, 3.05) is 6.54 Å². The summed E-state index contributed by atoms with van der Waals surface area (Å²) in [4.78, 5) is 16.1. The van der Waals surface area contributed by atoms with E-state index < -0.39 is 29.9 Å². The fourth-order valence-electron chi connectivity index (χ4n) is 3.42. The van der Waals surface area contributed by atoms with Crippen LogP contribution < -0.4 is 5.32 Å². The molecule has 3 rings (SSSR count). The summed E-state index contributed by atoms with van der Waals surface area (Å²) >= 11 is 0. The quantitative estimate of drug-likeness (QED) is 0.598. The van der Waals surface area contributed by atoms with E-state index in [0.717, 1.165) is 21.5 Å². The molecule has 1 amide bonds. The van der Waals surface area contributed by atoms with Crippen molar-refractivity contribution in [2.24, 2.45) is 7.05 Å². The number of rotatable bonds is 7. The Balaban J connectivity index is 1.68. The highest BCUT2D eigenvalue weighted by atomic mass is 19.4. The lowest BCUT2D eigenvalue weighted by Gasteiger charge is -2.30. The van der Waals surface area contributed by atoms with Crippen LogP contribution in [0.4, 0.5) is 13.2 Å². The Hall–Kier alpha value is -3.14. The van der Waals surface area contributed by atoms with E-state index in [1.807, 2.05) is 30.7 Å². The molecule has 3 aromatic rings. The molecule has 0 saturated carbocycles. The van der Waals surface area contributed by atoms with Gasteiger partial charge in [-0.15, -0.1) is 0 Å². The summed E-state index contributed by atoms with van der Waals surface area (Å²) in [5.41, 5.74) is -0.162. The van der Waals surface area contributed by atoms with Crippen LogP contribution in [0, 0.1) is 13.8 Å². The van der Waals surface area contributed by atoms with E-state index in [-0.39, 0.29) is 6.54 Å². The molecule has 1 aromatic carbocycles. The maximum Gasteiger partial charge on any atom is 0.424 e. The summed E-state index contributed by atoms with van der Waals surface area (Å²) in [6.45, 7) is 3.90. The van der Waals surface area contributed by atoms with Gasteiger partial charge >= 0.3 is 6.18 Å². The van der Waals surface area contributed by atoms with Gasteiger partial charge < -0.3 is 15.0 Å². The third kappa shape index (κ3) is 4.79. The number of amides is 1. The zero-order chi connectivity index (χ0) is 22.8. The van der Waals surface area contributed by atoms with E-state index in [4.69, 9.17) is 0 Å². The van der Waals surface area contributed by atoms with Crippen LogP contribution in [0.2, 0.25) is 0 Å². The summed E-state index contributed by atoms with van der Waals surface area (Å²) in [5.74, 6) is -1.05. The monoisotopic (exact) mass is 435 g/mol. The number of aromatic nitrogens is 4. The van der Waals surface area contributed by atoms with E-state index in [9.17, 15) is 23.1 Å². The molecule has 31 heavy (non-hydrogen) atoms. The van der Waals surface area contributed by atoms with E-state index in [1.165, 1.54) is 19.4 Å². The number of benzene rings is 1. The van der Waals surface area contributed by atoms with Crippen molar-refractivity contribution < 1.29 is 23.1 Å². The van der Waals surface area contributed by atoms with Gasteiger partial charge in [-0.25, -0.2) is 4.98 Å². The molecule has 0 fully saturated rings. The number of carbonyl (C=O) groups is 1. The summed E-state index contributed by atoms with van der Waals surface area (Å²) in [7, 11) is 1.37. The molecule has 0 aliphatic heterocycles. The minimum Gasteiger partial charge on any atom is -0.374 e. The van der Waals surface area contributed by atoms with Gasteiger partial charge in [-0.05, 0) is 37.6 Å². The molecule has 7 nitrogen and oxygen atoms in total. The van der Waals surface area contributed by atoms with Crippen LogP contribution in [0.1, 0.15) is 39.6 Å². The molecule has 2 aromatic heterocycles. The van der Waals surface area contributed by atoms with Gasteiger partial charge in [-0.1, -0.05) is 12.1 Å². The number of aryl methyl sites for hydroxylation is 3. The third-order valence-corrected chi connectivity index (χ3v) is 5.06. The number of nitrogens with one attached hydrogen (secondary N) is 1. The topological polar surface area (TPSA) is 85.0 Å². The van der Waals surface area contributed by atoms with Crippen LogP contribution >= 0.6 is 0 Å². The Bertz CT molecular complexity index is 1070. The van der Waals surface area contributed by atoms with E-state index >= 15 is 0 Å². The highest BCUT2D eigenvalue weighted by Crippen LogP contribution is 2.40. The maximum atomic E-state index is 13.6. The lowest BCUT2D eigenvalue weighted by Crippen LogP contribution is -2.46. The normalized spacial score (nSPS) is 13.8. The first-order valence-corrected chi connectivity index (χ1v) is 9.66. The number of nitrogens with zero attached hydrogens (tertiary/aromatic N) is 4. The summed E-state index contributed by atoms with van der Waals surface area (Å²) in [6.07, 6.45) is -3.22. The molecule has 1 unspecified atom stereocenters. The number of halogens is 3. The molecule has 166 valence electrons. The molecule has 0 spiro atoms.